The minimum Gasteiger partial charge on any atom is -0.452 e. The summed E-state index contributed by atoms with van der Waals surface area (Å²) in [6.45, 7) is 2.15. The average Bonchev–Trinajstić information content (AvgIpc) is 2.97. The van der Waals surface area contributed by atoms with Crippen molar-refractivity contribution < 1.29 is 27.5 Å². The summed E-state index contributed by atoms with van der Waals surface area (Å²) in [6.07, 6.45) is 3.49. The fourth-order valence-corrected chi connectivity index (χ4v) is 5.01. The maximum absolute atomic E-state index is 12.6. The van der Waals surface area contributed by atoms with Crippen LogP contribution < -0.4 is 4.90 Å². The molecular formula is C19H23N3O6S. The molecule has 29 heavy (non-hydrogen) atoms. The van der Waals surface area contributed by atoms with E-state index in [1.165, 1.54) is 12.1 Å². The Kier molecular flexibility index (Phi) is 5.55. The average molecular weight is 421 g/mol. The molecule has 0 atom stereocenters. The molecule has 1 aromatic carbocycles. The zero-order chi connectivity index (χ0) is 20.4. The van der Waals surface area contributed by atoms with Gasteiger partial charge in [-0.15, -0.1) is 4.40 Å². The van der Waals surface area contributed by atoms with Crippen molar-refractivity contribution in [2.24, 2.45) is 4.40 Å². The molecule has 10 heteroatoms. The number of hydrogen-bond acceptors (Lipinski definition) is 7. The first kappa shape index (κ1) is 19.8. The molecule has 1 amide bonds. The first-order chi connectivity index (χ1) is 14.0. The molecule has 9 nitrogen and oxygen atoms in total. The summed E-state index contributed by atoms with van der Waals surface area (Å²) in [6, 6.07) is 4.44. The zero-order valence-corrected chi connectivity index (χ0v) is 16.8. The van der Waals surface area contributed by atoms with E-state index in [0.717, 1.165) is 19.3 Å². The minimum absolute atomic E-state index is 0.00268. The Hall–Kier alpha value is -2.46. The molecule has 0 aromatic heterocycles. The SMILES string of the molecule is O=C(OCC(=O)N1CCOCC1)c1ccc2c(c1)S(=O)(=O)N=C1CCCCCN12. The number of morpholine rings is 1. The quantitative estimate of drug-likeness (QED) is 0.675. The van der Waals surface area contributed by atoms with Gasteiger partial charge in [0.1, 0.15) is 10.7 Å². The molecule has 0 radical (unpaired) electrons. The highest BCUT2D eigenvalue weighted by molar-refractivity contribution is 7.90. The molecule has 0 spiro atoms. The fourth-order valence-electron chi connectivity index (χ4n) is 3.72. The Morgan fingerprint density at radius 3 is 2.69 bits per heavy atom. The summed E-state index contributed by atoms with van der Waals surface area (Å²) < 4.78 is 39.6. The number of sulfonamides is 1. The molecule has 0 saturated carbocycles. The molecule has 2 saturated heterocycles. The van der Waals surface area contributed by atoms with Gasteiger partial charge in [0.2, 0.25) is 0 Å². The van der Waals surface area contributed by atoms with Crippen molar-refractivity contribution >= 4 is 33.4 Å². The van der Waals surface area contributed by atoms with Crippen molar-refractivity contribution in [3.63, 3.8) is 0 Å². The van der Waals surface area contributed by atoms with Crippen LogP contribution in [-0.4, -0.2) is 70.5 Å². The number of rotatable bonds is 3. The van der Waals surface area contributed by atoms with Crippen LogP contribution in [0.25, 0.3) is 0 Å². The summed E-state index contributed by atoms with van der Waals surface area (Å²) in [5.74, 6) is -0.484. The Labute approximate surface area is 169 Å². The molecule has 2 fully saturated rings. The summed E-state index contributed by atoms with van der Waals surface area (Å²) in [4.78, 5) is 28.0. The van der Waals surface area contributed by atoms with Gasteiger partial charge in [0.05, 0.1) is 24.5 Å². The van der Waals surface area contributed by atoms with Gasteiger partial charge in [-0.05, 0) is 31.0 Å². The van der Waals surface area contributed by atoms with Gasteiger partial charge < -0.3 is 19.3 Å². The third-order valence-corrected chi connectivity index (χ3v) is 6.61. The number of amidine groups is 1. The van der Waals surface area contributed by atoms with Crippen LogP contribution in [0.5, 0.6) is 0 Å². The number of fused-ring (bicyclic) bond motifs is 3. The highest BCUT2D eigenvalue weighted by atomic mass is 32.2. The predicted molar refractivity (Wildman–Crippen MR) is 105 cm³/mol. The maximum Gasteiger partial charge on any atom is 0.338 e. The normalized spacial score (nSPS) is 20.8. The molecule has 4 rings (SSSR count). The van der Waals surface area contributed by atoms with E-state index in [1.54, 1.807) is 11.0 Å². The van der Waals surface area contributed by atoms with Gasteiger partial charge >= 0.3 is 5.97 Å². The van der Waals surface area contributed by atoms with Crippen molar-refractivity contribution in [1.29, 1.82) is 0 Å². The van der Waals surface area contributed by atoms with Gasteiger partial charge in [-0.25, -0.2) is 4.79 Å². The van der Waals surface area contributed by atoms with E-state index in [2.05, 4.69) is 4.40 Å². The second-order valence-electron chi connectivity index (χ2n) is 7.20. The highest BCUT2D eigenvalue weighted by Gasteiger charge is 2.32. The standard InChI is InChI=1S/C19H23N3O6S/c23-18(21-8-10-27-11-9-21)13-28-19(24)14-5-6-15-16(12-14)29(25,26)20-17-4-2-1-3-7-22(15)17/h5-6,12H,1-4,7-11,13H2. The van der Waals surface area contributed by atoms with Gasteiger partial charge in [0, 0.05) is 26.1 Å². The lowest BCUT2D eigenvalue weighted by Gasteiger charge is -2.29. The smallest absolute Gasteiger partial charge is 0.338 e. The molecule has 156 valence electrons. The molecule has 0 unspecified atom stereocenters. The lowest BCUT2D eigenvalue weighted by atomic mass is 10.2. The number of benzene rings is 1. The first-order valence-corrected chi connectivity index (χ1v) is 11.2. The monoisotopic (exact) mass is 421 g/mol. The molecular weight excluding hydrogens is 398 g/mol. The van der Waals surface area contributed by atoms with Crippen molar-refractivity contribution in [2.75, 3.05) is 44.4 Å². The van der Waals surface area contributed by atoms with E-state index < -0.39 is 22.6 Å². The Morgan fingerprint density at radius 1 is 1.10 bits per heavy atom. The van der Waals surface area contributed by atoms with E-state index >= 15 is 0 Å². The van der Waals surface area contributed by atoms with E-state index in [0.29, 0.717) is 50.8 Å². The molecule has 3 aliphatic heterocycles. The fraction of sp³-hybridized carbons (Fsp3) is 0.526. The molecule has 0 N–H and O–H groups in total. The lowest BCUT2D eigenvalue weighted by Crippen LogP contribution is -2.42. The Morgan fingerprint density at radius 2 is 1.90 bits per heavy atom. The minimum atomic E-state index is -3.88. The van der Waals surface area contributed by atoms with Crippen molar-refractivity contribution in [2.45, 2.75) is 30.6 Å². The number of anilines is 1. The third-order valence-electron chi connectivity index (χ3n) is 5.27. The predicted octanol–water partition coefficient (Wildman–Crippen LogP) is 1.18. The second kappa shape index (κ2) is 8.11. The van der Waals surface area contributed by atoms with Gasteiger partial charge in [-0.2, -0.15) is 8.42 Å². The summed E-state index contributed by atoms with van der Waals surface area (Å²) >= 11 is 0. The number of carbonyl (C=O) groups is 2. The number of esters is 1. The van der Waals surface area contributed by atoms with Crippen LogP contribution in [0, 0.1) is 0 Å². The summed E-state index contributed by atoms with van der Waals surface area (Å²) in [7, 11) is -3.88. The number of ether oxygens (including phenoxy) is 2. The molecule has 0 aliphatic carbocycles. The summed E-state index contributed by atoms with van der Waals surface area (Å²) in [5, 5.41) is 0. The molecule has 1 aromatic rings. The zero-order valence-electron chi connectivity index (χ0n) is 16.0. The first-order valence-electron chi connectivity index (χ1n) is 9.74. The largest absolute Gasteiger partial charge is 0.452 e. The van der Waals surface area contributed by atoms with Crippen LogP contribution in [0.1, 0.15) is 36.0 Å². The van der Waals surface area contributed by atoms with Crippen LogP contribution in [0.2, 0.25) is 0 Å². The number of carbonyl (C=O) groups excluding carboxylic acids is 2. The third kappa shape index (κ3) is 4.13. The van der Waals surface area contributed by atoms with Gasteiger partial charge in [-0.1, -0.05) is 6.42 Å². The van der Waals surface area contributed by atoms with Crippen LogP contribution in [0.4, 0.5) is 5.69 Å². The number of hydrogen-bond donors (Lipinski definition) is 0. The van der Waals surface area contributed by atoms with E-state index in [-0.39, 0.29) is 16.4 Å². The highest BCUT2D eigenvalue weighted by Crippen LogP contribution is 2.35. The van der Waals surface area contributed by atoms with E-state index in [4.69, 9.17) is 9.47 Å². The van der Waals surface area contributed by atoms with Crippen LogP contribution in [-0.2, 0) is 24.3 Å². The van der Waals surface area contributed by atoms with E-state index in [1.807, 2.05) is 4.90 Å². The summed E-state index contributed by atoms with van der Waals surface area (Å²) in [5.41, 5.74) is 0.619. The van der Waals surface area contributed by atoms with Gasteiger partial charge in [-0.3, -0.25) is 4.79 Å². The lowest BCUT2D eigenvalue weighted by molar-refractivity contribution is -0.138. The van der Waals surface area contributed by atoms with E-state index in [9.17, 15) is 18.0 Å². The van der Waals surface area contributed by atoms with Crippen LogP contribution in [0.15, 0.2) is 27.5 Å². The van der Waals surface area contributed by atoms with Crippen LogP contribution in [0.3, 0.4) is 0 Å². The number of amides is 1. The van der Waals surface area contributed by atoms with Crippen LogP contribution >= 0.6 is 0 Å². The second-order valence-corrected chi connectivity index (χ2v) is 8.77. The number of nitrogens with zero attached hydrogens (tertiary/aromatic N) is 3. The Balaban J connectivity index is 1.51. The molecule has 0 bridgehead atoms. The van der Waals surface area contributed by atoms with Crippen molar-refractivity contribution in [1.82, 2.24) is 4.90 Å². The topological polar surface area (TPSA) is 106 Å². The van der Waals surface area contributed by atoms with Gasteiger partial charge in [0.25, 0.3) is 15.9 Å². The molecule has 3 heterocycles. The molecule has 3 aliphatic rings. The van der Waals surface area contributed by atoms with Gasteiger partial charge in [0.15, 0.2) is 6.61 Å². The Bertz CT molecular complexity index is 953. The van der Waals surface area contributed by atoms with Crippen molar-refractivity contribution in [3.8, 4) is 0 Å². The van der Waals surface area contributed by atoms with Crippen molar-refractivity contribution in [3.05, 3.63) is 23.8 Å². The maximum atomic E-state index is 12.6.